The van der Waals surface area contributed by atoms with Crippen LogP contribution in [0.1, 0.15) is 37.7 Å². The number of aliphatic hydroxyl groups excluding tert-OH is 1. The molecule has 8 heteroatoms. The van der Waals surface area contributed by atoms with Gasteiger partial charge in [0.05, 0.1) is 12.0 Å². The number of hydrogen-bond acceptors (Lipinski definition) is 6. The second kappa shape index (κ2) is 9.93. The number of likely N-dealkylation sites (tertiary alicyclic amines) is 1. The van der Waals surface area contributed by atoms with Gasteiger partial charge < -0.3 is 14.7 Å². The van der Waals surface area contributed by atoms with Crippen molar-refractivity contribution in [1.29, 1.82) is 0 Å². The molecule has 0 radical (unpaired) electrons. The molecular weight excluding hydrogens is 392 g/mol. The van der Waals surface area contributed by atoms with Gasteiger partial charge in [-0.2, -0.15) is 0 Å². The van der Waals surface area contributed by atoms with E-state index in [1.165, 1.54) is 0 Å². The number of amides is 3. The number of imide groups is 1. The molecule has 0 saturated carbocycles. The fourth-order valence-corrected chi connectivity index (χ4v) is 4.54. The fourth-order valence-electron chi connectivity index (χ4n) is 3.67. The normalized spacial score (nSPS) is 21.2. The molecule has 2 aliphatic rings. The van der Waals surface area contributed by atoms with E-state index in [1.807, 2.05) is 12.1 Å². The van der Waals surface area contributed by atoms with E-state index in [2.05, 4.69) is 0 Å². The number of carbonyl (C=O) groups excluding carboxylic acids is 3. The zero-order chi connectivity index (χ0) is 20.8. The minimum Gasteiger partial charge on any atom is -0.497 e. The molecule has 2 saturated heterocycles. The van der Waals surface area contributed by atoms with Crippen LogP contribution in [0.25, 0.3) is 6.08 Å². The summed E-state index contributed by atoms with van der Waals surface area (Å²) in [5, 5.41) is 8.86. The van der Waals surface area contributed by atoms with Crippen LogP contribution in [-0.4, -0.2) is 64.8 Å². The van der Waals surface area contributed by atoms with E-state index in [9.17, 15) is 19.5 Å². The van der Waals surface area contributed by atoms with Crippen LogP contribution in [-0.2, 0) is 9.59 Å². The van der Waals surface area contributed by atoms with Gasteiger partial charge >= 0.3 is 0 Å². The Morgan fingerprint density at radius 1 is 1.28 bits per heavy atom. The number of benzene rings is 1. The number of piperidine rings is 1. The Kier molecular flexibility index (Phi) is 7.33. The van der Waals surface area contributed by atoms with Crippen molar-refractivity contribution in [3.63, 3.8) is 0 Å². The van der Waals surface area contributed by atoms with E-state index >= 15 is 0 Å². The number of ether oxygens (including phenoxy) is 1. The van der Waals surface area contributed by atoms with Crippen LogP contribution in [0.4, 0.5) is 4.79 Å². The summed E-state index contributed by atoms with van der Waals surface area (Å²) in [6, 6.07) is 7.25. The van der Waals surface area contributed by atoms with Crippen molar-refractivity contribution in [2.24, 2.45) is 0 Å². The van der Waals surface area contributed by atoms with Gasteiger partial charge in [0, 0.05) is 32.2 Å². The van der Waals surface area contributed by atoms with Gasteiger partial charge in [-0.25, -0.2) is 0 Å². The van der Waals surface area contributed by atoms with Crippen LogP contribution < -0.4 is 4.74 Å². The van der Waals surface area contributed by atoms with Crippen LogP contribution in [0.2, 0.25) is 0 Å². The van der Waals surface area contributed by atoms with Gasteiger partial charge in [0.2, 0.25) is 5.91 Å². The molecule has 1 aromatic carbocycles. The van der Waals surface area contributed by atoms with E-state index < -0.39 is 0 Å². The van der Waals surface area contributed by atoms with Gasteiger partial charge in [0.1, 0.15) is 5.75 Å². The van der Waals surface area contributed by atoms with E-state index in [0.29, 0.717) is 23.6 Å². The summed E-state index contributed by atoms with van der Waals surface area (Å²) < 4.78 is 5.12. The minimum absolute atomic E-state index is 0.0473. The third-order valence-corrected chi connectivity index (χ3v) is 6.15. The zero-order valence-corrected chi connectivity index (χ0v) is 17.3. The quantitative estimate of drug-likeness (QED) is 0.685. The van der Waals surface area contributed by atoms with Crippen molar-refractivity contribution in [3.05, 3.63) is 34.7 Å². The van der Waals surface area contributed by atoms with Gasteiger partial charge in [0.25, 0.3) is 11.1 Å². The predicted octanol–water partition coefficient (Wildman–Crippen LogP) is 2.89. The van der Waals surface area contributed by atoms with Crippen LogP contribution in [0.15, 0.2) is 29.2 Å². The Morgan fingerprint density at radius 3 is 2.72 bits per heavy atom. The Hall–Kier alpha value is -2.32. The average molecular weight is 419 g/mol. The zero-order valence-electron chi connectivity index (χ0n) is 16.5. The molecule has 7 nitrogen and oxygen atoms in total. The lowest BCUT2D eigenvalue weighted by molar-refractivity contribution is -0.135. The largest absolute Gasteiger partial charge is 0.497 e. The van der Waals surface area contributed by atoms with Crippen molar-refractivity contribution in [2.75, 3.05) is 26.8 Å². The SMILES string of the molecule is COc1ccc(/C=C2\SC(=O)N(CCC(=O)N3CCCC[C@H]3CCO)C2=O)cc1. The molecule has 0 spiro atoms. The molecule has 156 valence electrons. The van der Waals surface area contributed by atoms with Crippen molar-refractivity contribution in [2.45, 2.75) is 38.1 Å². The molecular formula is C21H26N2O5S. The summed E-state index contributed by atoms with van der Waals surface area (Å²) in [6.45, 7) is 0.794. The van der Waals surface area contributed by atoms with E-state index in [0.717, 1.165) is 41.5 Å². The number of methoxy groups -OCH3 is 1. The molecule has 2 aliphatic heterocycles. The van der Waals surface area contributed by atoms with Gasteiger partial charge in [-0.3, -0.25) is 19.3 Å². The van der Waals surface area contributed by atoms with E-state index in [1.54, 1.807) is 30.2 Å². The Bertz CT molecular complexity index is 791. The second-order valence-corrected chi connectivity index (χ2v) is 8.10. The topological polar surface area (TPSA) is 87.2 Å². The van der Waals surface area contributed by atoms with Crippen molar-refractivity contribution in [3.8, 4) is 5.75 Å². The highest BCUT2D eigenvalue weighted by Crippen LogP contribution is 2.32. The smallest absolute Gasteiger partial charge is 0.293 e. The molecule has 0 aromatic heterocycles. The molecule has 2 heterocycles. The van der Waals surface area contributed by atoms with Crippen LogP contribution in [0, 0.1) is 0 Å². The summed E-state index contributed by atoms with van der Waals surface area (Å²) in [5.41, 5.74) is 0.799. The van der Waals surface area contributed by atoms with Crippen molar-refractivity contribution < 1.29 is 24.2 Å². The number of rotatable bonds is 7. The van der Waals surface area contributed by atoms with Gasteiger partial charge in [-0.1, -0.05) is 12.1 Å². The highest BCUT2D eigenvalue weighted by Gasteiger charge is 2.36. The number of nitrogens with zero attached hydrogens (tertiary/aromatic N) is 2. The Balaban J connectivity index is 1.61. The molecule has 29 heavy (non-hydrogen) atoms. The number of thioether (sulfide) groups is 1. The van der Waals surface area contributed by atoms with Crippen molar-refractivity contribution in [1.82, 2.24) is 9.80 Å². The maximum atomic E-state index is 12.6. The molecule has 1 aromatic rings. The Labute approximate surface area is 174 Å². The summed E-state index contributed by atoms with van der Waals surface area (Å²) in [5.74, 6) is 0.279. The number of hydrogen-bond donors (Lipinski definition) is 1. The summed E-state index contributed by atoms with van der Waals surface area (Å²) >= 11 is 0.892. The maximum Gasteiger partial charge on any atom is 0.293 e. The first kappa shape index (κ1) is 21.4. The molecule has 1 N–H and O–H groups in total. The molecule has 3 rings (SSSR count). The van der Waals surface area contributed by atoms with Crippen LogP contribution in [0.3, 0.4) is 0 Å². The molecule has 0 bridgehead atoms. The van der Waals surface area contributed by atoms with Crippen molar-refractivity contribution >= 4 is 34.9 Å². The summed E-state index contributed by atoms with van der Waals surface area (Å²) in [4.78, 5) is 40.9. The lowest BCUT2D eigenvalue weighted by Gasteiger charge is -2.36. The fraction of sp³-hybridized carbons (Fsp3) is 0.476. The third-order valence-electron chi connectivity index (χ3n) is 5.25. The first-order valence-corrected chi connectivity index (χ1v) is 10.6. The van der Waals surface area contributed by atoms with Gasteiger partial charge in [0.15, 0.2) is 0 Å². The molecule has 1 atom stereocenters. The standard InChI is InChI=1S/C21H26N2O5S/c1-28-17-7-5-15(6-8-17)14-18-20(26)23(21(27)29-18)12-9-19(25)22-11-3-2-4-16(22)10-13-24/h5-8,14,16,24H,2-4,9-13H2,1H3/b18-14-/t16-/m0/s1. The van der Waals surface area contributed by atoms with Crippen LogP contribution >= 0.6 is 11.8 Å². The molecule has 2 fully saturated rings. The summed E-state index contributed by atoms with van der Waals surface area (Å²) in [7, 11) is 1.58. The lowest BCUT2D eigenvalue weighted by Crippen LogP contribution is -2.45. The second-order valence-electron chi connectivity index (χ2n) is 7.11. The van der Waals surface area contributed by atoms with Gasteiger partial charge in [-0.15, -0.1) is 0 Å². The minimum atomic E-state index is -0.367. The first-order valence-electron chi connectivity index (χ1n) is 9.83. The maximum absolute atomic E-state index is 12.6. The first-order chi connectivity index (χ1) is 14.0. The predicted molar refractivity (Wildman–Crippen MR) is 111 cm³/mol. The molecule has 0 unspecified atom stereocenters. The Morgan fingerprint density at radius 2 is 2.03 bits per heavy atom. The molecule has 0 aliphatic carbocycles. The number of carbonyl (C=O) groups is 3. The highest BCUT2D eigenvalue weighted by atomic mass is 32.2. The third kappa shape index (κ3) is 5.19. The van der Waals surface area contributed by atoms with Crippen LogP contribution in [0.5, 0.6) is 5.75 Å². The monoisotopic (exact) mass is 418 g/mol. The summed E-state index contributed by atoms with van der Waals surface area (Å²) in [6.07, 6.45) is 5.23. The van der Waals surface area contributed by atoms with E-state index in [-0.39, 0.29) is 42.7 Å². The van der Waals surface area contributed by atoms with E-state index in [4.69, 9.17) is 4.74 Å². The molecule has 3 amide bonds. The van der Waals surface area contributed by atoms with Gasteiger partial charge in [-0.05, 0) is 61.2 Å². The average Bonchev–Trinajstić information content (AvgIpc) is 3.00. The highest BCUT2D eigenvalue weighted by molar-refractivity contribution is 8.18. The lowest BCUT2D eigenvalue weighted by atomic mass is 9.99. The number of aliphatic hydroxyl groups is 1.